The minimum absolute atomic E-state index is 0.102. The minimum Gasteiger partial charge on any atom is -0.431 e. The Morgan fingerprint density at radius 3 is 2.81 bits per heavy atom. The first-order valence-electron chi connectivity index (χ1n) is 6.55. The molecule has 1 heterocycles. The summed E-state index contributed by atoms with van der Waals surface area (Å²) in [4.78, 5) is 18.6. The molecule has 0 bridgehead atoms. The summed E-state index contributed by atoms with van der Waals surface area (Å²) >= 11 is 0. The zero-order valence-corrected chi connectivity index (χ0v) is 11.9. The first-order chi connectivity index (χ1) is 10.0. The second-order valence-corrected chi connectivity index (χ2v) is 4.62. The highest BCUT2D eigenvalue weighted by Crippen LogP contribution is 2.33. The van der Waals surface area contributed by atoms with Crippen molar-refractivity contribution in [2.45, 2.75) is 26.7 Å². The van der Waals surface area contributed by atoms with E-state index < -0.39 is 4.92 Å². The molecule has 0 radical (unpaired) electrons. The highest BCUT2D eigenvalue weighted by atomic mass is 16.6. The molecule has 2 rings (SSSR count). The van der Waals surface area contributed by atoms with Crippen LogP contribution in [0.3, 0.4) is 0 Å². The van der Waals surface area contributed by atoms with Crippen LogP contribution in [0.5, 0.6) is 11.6 Å². The SMILES string of the molecule is CCCc1c(N)ncnc1Oc1ccc(C)cc1[N+](=O)[O-]. The Kier molecular flexibility index (Phi) is 4.32. The summed E-state index contributed by atoms with van der Waals surface area (Å²) in [6.45, 7) is 3.77. The predicted octanol–water partition coefficient (Wildman–Crippen LogP) is 3.02. The summed E-state index contributed by atoms with van der Waals surface area (Å²) in [5.41, 5.74) is 7.16. The van der Waals surface area contributed by atoms with Crippen molar-refractivity contribution in [3.05, 3.63) is 45.8 Å². The van der Waals surface area contributed by atoms with Gasteiger partial charge in [0.2, 0.25) is 11.6 Å². The van der Waals surface area contributed by atoms with Gasteiger partial charge >= 0.3 is 5.69 Å². The number of nitrogens with zero attached hydrogens (tertiary/aromatic N) is 3. The van der Waals surface area contributed by atoms with Gasteiger partial charge in [-0.25, -0.2) is 9.97 Å². The fourth-order valence-corrected chi connectivity index (χ4v) is 1.94. The van der Waals surface area contributed by atoms with E-state index in [9.17, 15) is 10.1 Å². The smallest absolute Gasteiger partial charge is 0.311 e. The Labute approximate surface area is 121 Å². The van der Waals surface area contributed by atoms with Crippen LogP contribution in [0, 0.1) is 17.0 Å². The highest BCUT2D eigenvalue weighted by Gasteiger charge is 2.18. The van der Waals surface area contributed by atoms with E-state index in [1.54, 1.807) is 19.1 Å². The van der Waals surface area contributed by atoms with Crippen LogP contribution < -0.4 is 10.5 Å². The molecule has 1 aromatic heterocycles. The third-order valence-corrected chi connectivity index (χ3v) is 2.96. The summed E-state index contributed by atoms with van der Waals surface area (Å²) in [5.74, 6) is 0.731. The van der Waals surface area contributed by atoms with E-state index in [0.29, 0.717) is 17.8 Å². The van der Waals surface area contributed by atoms with Gasteiger partial charge in [0.1, 0.15) is 12.1 Å². The summed E-state index contributed by atoms with van der Waals surface area (Å²) in [7, 11) is 0. The lowest BCUT2D eigenvalue weighted by Crippen LogP contribution is -2.03. The van der Waals surface area contributed by atoms with Gasteiger partial charge in [0.15, 0.2) is 0 Å². The number of nitro groups is 1. The third-order valence-electron chi connectivity index (χ3n) is 2.96. The van der Waals surface area contributed by atoms with Crippen molar-refractivity contribution in [2.75, 3.05) is 5.73 Å². The second kappa shape index (κ2) is 6.17. The Bertz CT molecular complexity index is 673. The minimum atomic E-state index is -0.480. The first kappa shape index (κ1) is 14.7. The van der Waals surface area contributed by atoms with Crippen LogP contribution in [0.15, 0.2) is 24.5 Å². The standard InChI is InChI=1S/C14H16N4O3/c1-3-4-10-13(15)16-8-17-14(10)21-12-6-5-9(2)7-11(12)18(19)20/h5-8H,3-4H2,1-2H3,(H2,15,16,17). The van der Waals surface area contributed by atoms with Gasteiger partial charge in [-0.15, -0.1) is 0 Å². The lowest BCUT2D eigenvalue weighted by molar-refractivity contribution is -0.385. The Balaban J connectivity index is 2.43. The average molecular weight is 288 g/mol. The molecule has 2 N–H and O–H groups in total. The topological polar surface area (TPSA) is 104 Å². The number of anilines is 1. The molecule has 0 aliphatic carbocycles. The van der Waals surface area contributed by atoms with Gasteiger partial charge in [-0.05, 0) is 25.0 Å². The van der Waals surface area contributed by atoms with Crippen LogP contribution >= 0.6 is 0 Å². The largest absolute Gasteiger partial charge is 0.431 e. The molecule has 21 heavy (non-hydrogen) atoms. The molecule has 0 unspecified atom stereocenters. The number of benzene rings is 1. The van der Waals surface area contributed by atoms with Crippen molar-refractivity contribution in [1.82, 2.24) is 9.97 Å². The fourth-order valence-electron chi connectivity index (χ4n) is 1.94. The summed E-state index contributed by atoms with van der Waals surface area (Å²) in [6.07, 6.45) is 2.76. The van der Waals surface area contributed by atoms with Crippen molar-refractivity contribution in [1.29, 1.82) is 0 Å². The molecule has 0 amide bonds. The second-order valence-electron chi connectivity index (χ2n) is 4.62. The molecular formula is C14H16N4O3. The van der Waals surface area contributed by atoms with E-state index in [2.05, 4.69) is 9.97 Å². The maximum atomic E-state index is 11.1. The van der Waals surface area contributed by atoms with Crippen molar-refractivity contribution in [3.63, 3.8) is 0 Å². The van der Waals surface area contributed by atoms with Crippen LogP contribution in [-0.2, 0) is 6.42 Å². The van der Waals surface area contributed by atoms with E-state index in [1.807, 2.05) is 6.92 Å². The summed E-state index contributed by atoms with van der Waals surface area (Å²) in [5, 5.41) is 11.1. The molecule has 0 atom stereocenters. The predicted molar refractivity (Wildman–Crippen MR) is 78.3 cm³/mol. The van der Waals surface area contributed by atoms with Gasteiger partial charge in [0.25, 0.3) is 0 Å². The number of aromatic nitrogens is 2. The molecular weight excluding hydrogens is 272 g/mol. The lowest BCUT2D eigenvalue weighted by Gasteiger charge is -2.11. The van der Waals surface area contributed by atoms with E-state index in [-0.39, 0.29) is 17.3 Å². The quantitative estimate of drug-likeness (QED) is 0.669. The number of hydrogen-bond donors (Lipinski definition) is 1. The van der Waals surface area contributed by atoms with Gasteiger partial charge in [0.05, 0.1) is 10.5 Å². The molecule has 0 saturated heterocycles. The summed E-state index contributed by atoms with van der Waals surface area (Å²) in [6, 6.07) is 4.76. The van der Waals surface area contributed by atoms with Crippen LogP contribution in [0.1, 0.15) is 24.5 Å². The number of nitro benzene ring substituents is 1. The Morgan fingerprint density at radius 1 is 1.38 bits per heavy atom. The van der Waals surface area contributed by atoms with Crippen molar-refractivity contribution >= 4 is 11.5 Å². The Morgan fingerprint density at radius 2 is 2.14 bits per heavy atom. The molecule has 7 heteroatoms. The van der Waals surface area contributed by atoms with Crippen LogP contribution in [-0.4, -0.2) is 14.9 Å². The normalized spacial score (nSPS) is 10.4. The zero-order valence-electron chi connectivity index (χ0n) is 11.9. The van der Waals surface area contributed by atoms with Gasteiger partial charge < -0.3 is 10.5 Å². The van der Waals surface area contributed by atoms with Gasteiger partial charge in [-0.1, -0.05) is 19.4 Å². The molecule has 0 aliphatic heterocycles. The molecule has 0 fully saturated rings. The number of hydrogen-bond acceptors (Lipinski definition) is 6. The van der Waals surface area contributed by atoms with Crippen LogP contribution in [0.2, 0.25) is 0 Å². The average Bonchev–Trinajstić information content (AvgIpc) is 2.44. The highest BCUT2D eigenvalue weighted by molar-refractivity contribution is 5.52. The molecule has 7 nitrogen and oxygen atoms in total. The van der Waals surface area contributed by atoms with E-state index in [1.165, 1.54) is 12.4 Å². The van der Waals surface area contributed by atoms with Crippen LogP contribution in [0.4, 0.5) is 11.5 Å². The van der Waals surface area contributed by atoms with Crippen molar-refractivity contribution in [3.8, 4) is 11.6 Å². The van der Waals surface area contributed by atoms with E-state index in [0.717, 1.165) is 12.0 Å². The monoisotopic (exact) mass is 288 g/mol. The molecule has 0 spiro atoms. The summed E-state index contributed by atoms with van der Waals surface area (Å²) < 4.78 is 5.62. The fraction of sp³-hybridized carbons (Fsp3) is 0.286. The number of ether oxygens (including phenoxy) is 1. The van der Waals surface area contributed by atoms with E-state index >= 15 is 0 Å². The van der Waals surface area contributed by atoms with Crippen molar-refractivity contribution < 1.29 is 9.66 Å². The van der Waals surface area contributed by atoms with Gasteiger partial charge in [0, 0.05) is 6.07 Å². The van der Waals surface area contributed by atoms with Crippen LogP contribution in [0.25, 0.3) is 0 Å². The Hall–Kier alpha value is -2.70. The maximum Gasteiger partial charge on any atom is 0.311 e. The number of aryl methyl sites for hydroxylation is 1. The lowest BCUT2D eigenvalue weighted by atomic mass is 10.1. The number of nitrogen functional groups attached to an aromatic ring is 1. The number of nitrogens with two attached hydrogens (primary N) is 1. The van der Waals surface area contributed by atoms with Gasteiger partial charge in [-0.2, -0.15) is 0 Å². The third kappa shape index (κ3) is 3.25. The molecule has 2 aromatic rings. The zero-order chi connectivity index (χ0) is 15.4. The van der Waals surface area contributed by atoms with Gasteiger partial charge in [-0.3, -0.25) is 10.1 Å². The van der Waals surface area contributed by atoms with Crippen molar-refractivity contribution in [2.24, 2.45) is 0 Å². The van der Waals surface area contributed by atoms with E-state index in [4.69, 9.17) is 10.5 Å². The molecule has 0 saturated carbocycles. The first-order valence-corrected chi connectivity index (χ1v) is 6.55. The molecule has 1 aromatic carbocycles. The molecule has 110 valence electrons. The molecule has 0 aliphatic rings. The maximum absolute atomic E-state index is 11.1. The number of rotatable bonds is 5.